The van der Waals surface area contributed by atoms with E-state index in [1.54, 1.807) is 18.2 Å². The van der Waals surface area contributed by atoms with Gasteiger partial charge >= 0.3 is 0 Å². The first-order chi connectivity index (χ1) is 10.0. The molecule has 0 aliphatic carbocycles. The van der Waals surface area contributed by atoms with Crippen molar-refractivity contribution in [3.8, 4) is 11.5 Å². The Kier molecular flexibility index (Phi) is 4.37. The van der Waals surface area contributed by atoms with Crippen LogP contribution in [0.15, 0.2) is 36.4 Å². The maximum Gasteiger partial charge on any atom is 0.161 e. The maximum absolute atomic E-state index is 13.1. The smallest absolute Gasteiger partial charge is 0.161 e. The molecule has 6 heteroatoms. The molecule has 110 valence electrons. The van der Waals surface area contributed by atoms with E-state index < -0.39 is 11.6 Å². The number of halogens is 2. The first-order valence-electron chi connectivity index (χ1n) is 6.10. The summed E-state index contributed by atoms with van der Waals surface area (Å²) < 4.78 is 36.6. The number of nitrogens with one attached hydrogen (secondary N) is 1. The lowest BCUT2D eigenvalue weighted by atomic mass is 10.2. The maximum atomic E-state index is 13.1. The molecule has 0 aliphatic heterocycles. The van der Waals surface area contributed by atoms with E-state index in [2.05, 4.69) is 0 Å². The number of benzene rings is 2. The van der Waals surface area contributed by atoms with Gasteiger partial charge in [-0.1, -0.05) is 6.07 Å². The minimum absolute atomic E-state index is 0.0625. The van der Waals surface area contributed by atoms with Crippen molar-refractivity contribution in [2.45, 2.75) is 6.61 Å². The van der Waals surface area contributed by atoms with Crippen molar-refractivity contribution >= 4 is 5.84 Å². The Bertz CT molecular complexity index is 675. The van der Waals surface area contributed by atoms with Crippen LogP contribution in [0.1, 0.15) is 11.1 Å². The summed E-state index contributed by atoms with van der Waals surface area (Å²) in [4.78, 5) is 0. The summed E-state index contributed by atoms with van der Waals surface area (Å²) in [5, 5.41) is 7.36. The van der Waals surface area contributed by atoms with Crippen LogP contribution < -0.4 is 15.2 Å². The lowest BCUT2D eigenvalue weighted by molar-refractivity contribution is 0.283. The van der Waals surface area contributed by atoms with E-state index in [0.717, 1.165) is 12.1 Å². The topological polar surface area (TPSA) is 68.3 Å². The fourth-order valence-electron chi connectivity index (χ4n) is 1.74. The quantitative estimate of drug-likeness (QED) is 0.657. The van der Waals surface area contributed by atoms with Gasteiger partial charge in [-0.3, -0.25) is 5.41 Å². The minimum atomic E-state index is -0.921. The van der Waals surface area contributed by atoms with Crippen molar-refractivity contribution in [2.75, 3.05) is 7.11 Å². The van der Waals surface area contributed by atoms with E-state index in [1.807, 2.05) is 0 Å². The first-order valence-corrected chi connectivity index (χ1v) is 6.10. The monoisotopic (exact) mass is 292 g/mol. The van der Waals surface area contributed by atoms with Gasteiger partial charge in [0, 0.05) is 5.56 Å². The van der Waals surface area contributed by atoms with Crippen LogP contribution in [-0.2, 0) is 6.61 Å². The van der Waals surface area contributed by atoms with Crippen molar-refractivity contribution < 1.29 is 18.3 Å². The highest BCUT2D eigenvalue weighted by molar-refractivity contribution is 5.95. The fourth-order valence-corrected chi connectivity index (χ4v) is 1.74. The van der Waals surface area contributed by atoms with Crippen molar-refractivity contribution in [3.63, 3.8) is 0 Å². The minimum Gasteiger partial charge on any atom is -0.493 e. The molecule has 2 rings (SSSR count). The molecule has 0 amide bonds. The zero-order valence-corrected chi connectivity index (χ0v) is 11.3. The molecular weight excluding hydrogens is 278 g/mol. The molecule has 2 aromatic rings. The highest BCUT2D eigenvalue weighted by Gasteiger charge is 2.09. The number of methoxy groups -OCH3 is 1. The van der Waals surface area contributed by atoms with Crippen LogP contribution in [0.4, 0.5) is 8.78 Å². The summed E-state index contributed by atoms with van der Waals surface area (Å²) in [6, 6.07) is 8.36. The molecule has 0 fully saturated rings. The Morgan fingerprint density at radius 1 is 1.10 bits per heavy atom. The molecule has 0 aromatic heterocycles. The van der Waals surface area contributed by atoms with Gasteiger partial charge in [0.1, 0.15) is 12.4 Å². The van der Waals surface area contributed by atoms with Crippen molar-refractivity contribution in [3.05, 3.63) is 59.2 Å². The van der Waals surface area contributed by atoms with E-state index >= 15 is 0 Å². The Balaban J connectivity index is 2.15. The predicted octanol–water partition coefficient (Wildman–Crippen LogP) is 2.84. The average molecular weight is 292 g/mol. The van der Waals surface area contributed by atoms with E-state index in [-0.39, 0.29) is 12.4 Å². The number of amidine groups is 1. The second kappa shape index (κ2) is 6.21. The summed E-state index contributed by atoms with van der Waals surface area (Å²) in [5.74, 6) is -1.07. The molecule has 0 spiro atoms. The van der Waals surface area contributed by atoms with Gasteiger partial charge in [-0.15, -0.1) is 0 Å². The number of hydrogen-bond donors (Lipinski definition) is 2. The molecule has 0 unspecified atom stereocenters. The number of ether oxygens (including phenoxy) is 2. The molecule has 4 nitrogen and oxygen atoms in total. The van der Waals surface area contributed by atoms with Gasteiger partial charge in [-0.2, -0.15) is 0 Å². The molecule has 0 atom stereocenters. The van der Waals surface area contributed by atoms with E-state index in [1.165, 1.54) is 13.2 Å². The molecular formula is C15H14F2N2O2. The molecule has 0 saturated heterocycles. The highest BCUT2D eigenvalue weighted by Crippen LogP contribution is 2.28. The Morgan fingerprint density at radius 3 is 2.48 bits per heavy atom. The second-order valence-corrected chi connectivity index (χ2v) is 4.32. The summed E-state index contributed by atoms with van der Waals surface area (Å²) in [6.07, 6.45) is 0. The molecule has 0 heterocycles. The average Bonchev–Trinajstić information content (AvgIpc) is 2.48. The van der Waals surface area contributed by atoms with Gasteiger partial charge in [0.05, 0.1) is 7.11 Å². The van der Waals surface area contributed by atoms with Crippen molar-refractivity contribution in [1.82, 2.24) is 0 Å². The summed E-state index contributed by atoms with van der Waals surface area (Å²) in [5.41, 5.74) is 6.39. The lowest BCUT2D eigenvalue weighted by Crippen LogP contribution is -2.11. The predicted molar refractivity (Wildman–Crippen MR) is 74.7 cm³/mol. The van der Waals surface area contributed by atoms with E-state index in [9.17, 15) is 8.78 Å². The van der Waals surface area contributed by atoms with Crippen LogP contribution >= 0.6 is 0 Å². The Morgan fingerprint density at radius 2 is 1.86 bits per heavy atom. The summed E-state index contributed by atoms with van der Waals surface area (Å²) >= 11 is 0. The third-order valence-corrected chi connectivity index (χ3v) is 2.85. The number of hydrogen-bond acceptors (Lipinski definition) is 3. The van der Waals surface area contributed by atoms with Gasteiger partial charge in [-0.05, 0) is 35.9 Å². The largest absolute Gasteiger partial charge is 0.493 e. The SMILES string of the molecule is COc1cc(C(=N)N)ccc1OCc1ccc(F)c(F)c1. The Labute approximate surface area is 120 Å². The van der Waals surface area contributed by atoms with Crippen LogP contribution in [0.3, 0.4) is 0 Å². The lowest BCUT2D eigenvalue weighted by Gasteiger charge is -2.12. The van der Waals surface area contributed by atoms with Crippen molar-refractivity contribution in [1.29, 1.82) is 5.41 Å². The van der Waals surface area contributed by atoms with Gasteiger partial charge in [0.25, 0.3) is 0 Å². The Hall–Kier alpha value is -2.63. The van der Waals surface area contributed by atoms with Crippen LogP contribution in [0, 0.1) is 17.0 Å². The molecule has 0 radical (unpaired) electrons. The number of rotatable bonds is 5. The standard InChI is InChI=1S/C15H14F2N2O2/c1-20-14-7-10(15(18)19)3-5-13(14)21-8-9-2-4-11(16)12(17)6-9/h2-7H,8H2,1H3,(H3,18,19). The summed E-state index contributed by atoms with van der Waals surface area (Å²) in [6.45, 7) is 0.0625. The van der Waals surface area contributed by atoms with Gasteiger partial charge in [0.2, 0.25) is 0 Å². The summed E-state index contributed by atoms with van der Waals surface area (Å²) in [7, 11) is 1.46. The highest BCUT2D eigenvalue weighted by atomic mass is 19.2. The molecule has 0 aliphatic rings. The molecule has 0 bridgehead atoms. The van der Waals surface area contributed by atoms with Gasteiger partial charge in [-0.25, -0.2) is 8.78 Å². The third kappa shape index (κ3) is 3.47. The van der Waals surface area contributed by atoms with Crippen molar-refractivity contribution in [2.24, 2.45) is 5.73 Å². The van der Waals surface area contributed by atoms with Gasteiger partial charge in [0.15, 0.2) is 23.1 Å². The molecule has 2 aromatic carbocycles. The third-order valence-electron chi connectivity index (χ3n) is 2.85. The van der Waals surface area contributed by atoms with Crippen LogP contribution in [-0.4, -0.2) is 12.9 Å². The second-order valence-electron chi connectivity index (χ2n) is 4.32. The zero-order valence-electron chi connectivity index (χ0n) is 11.3. The molecule has 21 heavy (non-hydrogen) atoms. The molecule has 3 N–H and O–H groups in total. The first kappa shape index (κ1) is 14.8. The normalized spacial score (nSPS) is 10.2. The number of nitrogen functional groups attached to an aromatic ring is 1. The van der Waals surface area contributed by atoms with Crippen LogP contribution in [0.2, 0.25) is 0 Å². The van der Waals surface area contributed by atoms with E-state index in [4.69, 9.17) is 20.6 Å². The fraction of sp³-hybridized carbons (Fsp3) is 0.133. The zero-order chi connectivity index (χ0) is 15.4. The molecule has 0 saturated carbocycles. The van der Waals surface area contributed by atoms with Gasteiger partial charge < -0.3 is 15.2 Å². The van der Waals surface area contributed by atoms with Crippen LogP contribution in [0.5, 0.6) is 11.5 Å². The van der Waals surface area contributed by atoms with Crippen LogP contribution in [0.25, 0.3) is 0 Å². The van der Waals surface area contributed by atoms with E-state index in [0.29, 0.717) is 22.6 Å². The number of nitrogens with two attached hydrogens (primary N) is 1.